The average molecular weight is 378 g/mol. The van der Waals surface area contributed by atoms with Crippen molar-refractivity contribution in [2.45, 2.75) is 13.1 Å². The van der Waals surface area contributed by atoms with Gasteiger partial charge >= 0.3 is 0 Å². The molecule has 1 amide bonds. The fourth-order valence-corrected chi connectivity index (χ4v) is 2.95. The first-order valence-corrected chi connectivity index (χ1v) is 8.21. The average Bonchev–Trinajstić information content (AvgIpc) is 3.17. The number of aromatic nitrogens is 4. The van der Waals surface area contributed by atoms with Crippen LogP contribution in [0, 0.1) is 0 Å². The van der Waals surface area contributed by atoms with Crippen LogP contribution in [-0.2, 0) is 17.9 Å². The van der Waals surface area contributed by atoms with E-state index in [0.29, 0.717) is 12.4 Å². The maximum absolute atomic E-state index is 11.9. The van der Waals surface area contributed by atoms with Gasteiger partial charge < -0.3 is 5.32 Å². The monoisotopic (exact) mass is 377 g/mol. The first-order valence-electron chi connectivity index (χ1n) is 6.54. The van der Waals surface area contributed by atoms with E-state index in [1.165, 1.54) is 4.80 Å². The molecule has 0 saturated carbocycles. The van der Waals surface area contributed by atoms with E-state index >= 15 is 0 Å². The number of thiophene rings is 1. The molecule has 1 aromatic carbocycles. The third-order valence-electron chi connectivity index (χ3n) is 2.89. The molecule has 3 aromatic rings. The number of benzene rings is 1. The minimum absolute atomic E-state index is 0.0445. The zero-order chi connectivity index (χ0) is 15.4. The van der Waals surface area contributed by atoms with E-state index < -0.39 is 0 Å². The number of hydrogen-bond donors (Lipinski definition) is 1. The summed E-state index contributed by atoms with van der Waals surface area (Å²) in [4.78, 5) is 14.3. The number of carbonyl (C=O) groups is 1. The number of nitrogens with zero attached hydrogens (tertiary/aromatic N) is 4. The predicted molar refractivity (Wildman–Crippen MR) is 87.1 cm³/mol. The highest BCUT2D eigenvalue weighted by Gasteiger charge is 2.11. The molecule has 0 bridgehead atoms. The Balaban J connectivity index is 1.62. The fourth-order valence-electron chi connectivity index (χ4n) is 1.84. The molecule has 0 fully saturated rings. The lowest BCUT2D eigenvalue weighted by atomic mass is 10.2. The Hall–Kier alpha value is -2.06. The highest BCUT2D eigenvalue weighted by molar-refractivity contribution is 9.10. The van der Waals surface area contributed by atoms with Crippen molar-refractivity contribution in [3.63, 3.8) is 0 Å². The van der Waals surface area contributed by atoms with Crippen LogP contribution in [0.3, 0.4) is 0 Å². The van der Waals surface area contributed by atoms with Gasteiger partial charge in [0.05, 0.1) is 6.54 Å². The third-order valence-corrected chi connectivity index (χ3v) is 4.46. The standard InChI is InChI=1S/C14H12BrN5OS/c15-12-6-2-1-5-11(12)14-17-19-20(18-14)9-13(21)16-8-10-4-3-7-22-10/h1-7H,8-9H2,(H,16,21). The Bertz CT molecular complexity index is 771. The zero-order valence-corrected chi connectivity index (χ0v) is 13.8. The second kappa shape index (κ2) is 6.80. The van der Waals surface area contributed by atoms with Gasteiger partial charge in [0, 0.05) is 14.9 Å². The molecule has 0 saturated heterocycles. The Morgan fingerprint density at radius 1 is 1.27 bits per heavy atom. The lowest BCUT2D eigenvalue weighted by Crippen LogP contribution is -2.27. The van der Waals surface area contributed by atoms with Crippen molar-refractivity contribution in [1.82, 2.24) is 25.5 Å². The van der Waals surface area contributed by atoms with Gasteiger partial charge in [0.25, 0.3) is 0 Å². The number of hydrogen-bond acceptors (Lipinski definition) is 5. The number of tetrazole rings is 1. The van der Waals surface area contributed by atoms with Gasteiger partial charge in [-0.1, -0.05) is 34.1 Å². The Morgan fingerprint density at radius 3 is 2.91 bits per heavy atom. The van der Waals surface area contributed by atoms with Crippen molar-refractivity contribution in [1.29, 1.82) is 0 Å². The first-order chi connectivity index (χ1) is 10.7. The van der Waals surface area contributed by atoms with E-state index in [2.05, 4.69) is 36.7 Å². The van der Waals surface area contributed by atoms with E-state index in [9.17, 15) is 4.79 Å². The van der Waals surface area contributed by atoms with Crippen LogP contribution in [0.25, 0.3) is 11.4 Å². The number of rotatable bonds is 5. The van der Waals surface area contributed by atoms with Gasteiger partial charge in [-0.25, -0.2) is 0 Å². The SMILES string of the molecule is O=C(Cn1nnc(-c2ccccc2Br)n1)NCc1cccs1. The van der Waals surface area contributed by atoms with Crippen molar-refractivity contribution in [2.24, 2.45) is 0 Å². The second-order valence-corrected chi connectivity index (χ2v) is 6.37. The number of halogens is 1. The molecule has 2 heterocycles. The summed E-state index contributed by atoms with van der Waals surface area (Å²) in [5.41, 5.74) is 0.841. The zero-order valence-electron chi connectivity index (χ0n) is 11.4. The van der Waals surface area contributed by atoms with Gasteiger partial charge in [0.15, 0.2) is 0 Å². The summed E-state index contributed by atoms with van der Waals surface area (Å²) in [5.74, 6) is 0.336. The van der Waals surface area contributed by atoms with Crippen LogP contribution in [0.4, 0.5) is 0 Å². The molecule has 2 aromatic heterocycles. The molecule has 0 aliphatic heterocycles. The van der Waals surface area contributed by atoms with Gasteiger partial charge in [-0.2, -0.15) is 4.80 Å². The summed E-state index contributed by atoms with van der Waals surface area (Å²) in [6.45, 7) is 0.561. The maximum Gasteiger partial charge on any atom is 0.243 e. The molecule has 0 atom stereocenters. The molecule has 8 heteroatoms. The molecular formula is C14H12BrN5OS. The predicted octanol–water partition coefficient (Wildman–Crippen LogP) is 2.48. The van der Waals surface area contributed by atoms with Gasteiger partial charge in [-0.3, -0.25) is 4.79 Å². The number of carbonyl (C=O) groups excluding carboxylic acids is 1. The fraction of sp³-hybridized carbons (Fsp3) is 0.143. The van der Waals surface area contributed by atoms with Crippen molar-refractivity contribution in [2.75, 3.05) is 0 Å². The Kier molecular flexibility index (Phi) is 4.59. The van der Waals surface area contributed by atoms with Crippen molar-refractivity contribution < 1.29 is 4.79 Å². The first kappa shape index (κ1) is 14.9. The molecular weight excluding hydrogens is 366 g/mol. The van der Waals surface area contributed by atoms with E-state index in [1.54, 1.807) is 11.3 Å². The van der Waals surface area contributed by atoms with E-state index in [4.69, 9.17) is 0 Å². The van der Waals surface area contributed by atoms with Crippen molar-refractivity contribution in [3.8, 4) is 11.4 Å². The maximum atomic E-state index is 11.9. The Labute approximate surface area is 139 Å². The molecule has 0 aliphatic carbocycles. The van der Waals surface area contributed by atoms with Crippen LogP contribution in [0.5, 0.6) is 0 Å². The molecule has 112 valence electrons. The summed E-state index contributed by atoms with van der Waals surface area (Å²) >= 11 is 5.05. The minimum Gasteiger partial charge on any atom is -0.350 e. The highest BCUT2D eigenvalue weighted by Crippen LogP contribution is 2.24. The van der Waals surface area contributed by atoms with Crippen LogP contribution in [0.2, 0.25) is 0 Å². The van der Waals surface area contributed by atoms with Crippen molar-refractivity contribution >= 4 is 33.2 Å². The molecule has 0 unspecified atom stereocenters. The van der Waals surface area contributed by atoms with Gasteiger partial charge in [-0.05, 0) is 28.8 Å². The minimum atomic E-state index is -0.149. The largest absolute Gasteiger partial charge is 0.350 e. The molecule has 0 radical (unpaired) electrons. The van der Waals surface area contributed by atoms with Crippen LogP contribution < -0.4 is 5.32 Å². The molecule has 1 N–H and O–H groups in total. The van der Waals surface area contributed by atoms with Gasteiger partial charge in [-0.15, -0.1) is 21.5 Å². The van der Waals surface area contributed by atoms with Crippen molar-refractivity contribution in [3.05, 3.63) is 51.1 Å². The summed E-state index contributed by atoms with van der Waals surface area (Å²) in [7, 11) is 0. The Morgan fingerprint density at radius 2 is 2.14 bits per heavy atom. The summed E-state index contributed by atoms with van der Waals surface area (Å²) in [6.07, 6.45) is 0. The lowest BCUT2D eigenvalue weighted by molar-refractivity contribution is -0.122. The normalized spacial score (nSPS) is 10.6. The molecule has 3 rings (SSSR count). The highest BCUT2D eigenvalue weighted by atomic mass is 79.9. The smallest absolute Gasteiger partial charge is 0.243 e. The summed E-state index contributed by atoms with van der Waals surface area (Å²) < 4.78 is 0.886. The van der Waals surface area contributed by atoms with Gasteiger partial charge in [0.1, 0.15) is 6.54 Å². The van der Waals surface area contributed by atoms with Crippen LogP contribution in [-0.4, -0.2) is 26.1 Å². The quantitative estimate of drug-likeness (QED) is 0.741. The topological polar surface area (TPSA) is 72.7 Å². The number of nitrogens with one attached hydrogen (secondary N) is 1. The molecule has 22 heavy (non-hydrogen) atoms. The second-order valence-electron chi connectivity index (χ2n) is 4.48. The molecule has 0 spiro atoms. The summed E-state index contributed by atoms with van der Waals surface area (Å²) in [6, 6.07) is 11.5. The third kappa shape index (κ3) is 3.58. The number of amides is 1. The van der Waals surface area contributed by atoms with E-state index in [1.807, 2.05) is 41.8 Å². The van der Waals surface area contributed by atoms with Gasteiger partial charge in [0.2, 0.25) is 11.7 Å². The lowest BCUT2D eigenvalue weighted by Gasteiger charge is -2.02. The molecule has 0 aliphatic rings. The van der Waals surface area contributed by atoms with Crippen LogP contribution in [0.1, 0.15) is 4.88 Å². The van der Waals surface area contributed by atoms with E-state index in [0.717, 1.165) is 14.9 Å². The van der Waals surface area contributed by atoms with E-state index in [-0.39, 0.29) is 12.5 Å². The summed E-state index contributed by atoms with van der Waals surface area (Å²) in [5, 5.41) is 16.9. The van der Waals surface area contributed by atoms with Crippen LogP contribution in [0.15, 0.2) is 46.3 Å². The molecule has 6 nitrogen and oxygen atoms in total. The van der Waals surface area contributed by atoms with Crippen LogP contribution >= 0.6 is 27.3 Å².